The summed E-state index contributed by atoms with van der Waals surface area (Å²) in [6, 6.07) is 0. The second-order valence-corrected chi connectivity index (χ2v) is 20.3. The normalized spacial score (nSPS) is 13.0. The molecule has 0 unspecified atom stereocenters. The third-order valence-corrected chi connectivity index (χ3v) is 17.9. The van der Waals surface area contributed by atoms with Gasteiger partial charge in [0.25, 0.3) is 0 Å². The predicted molar refractivity (Wildman–Crippen MR) is 143 cm³/mol. The van der Waals surface area contributed by atoms with Crippen molar-refractivity contribution in [2.24, 2.45) is 0 Å². The van der Waals surface area contributed by atoms with E-state index in [-0.39, 0.29) is 9.43 Å². The Morgan fingerprint density at radius 3 is 1.07 bits per heavy atom. The van der Waals surface area contributed by atoms with E-state index in [1.807, 2.05) is 0 Å². The van der Waals surface area contributed by atoms with E-state index in [1.165, 1.54) is 116 Å². The molecular weight excluding hydrogens is 387 g/mol. The summed E-state index contributed by atoms with van der Waals surface area (Å²) in [7, 11) is -0.274. The Hall–Kier alpha value is 0.607. The molecule has 0 aromatic carbocycles. The average molecular weight is 447 g/mol. The molecule has 0 atom stereocenters. The van der Waals surface area contributed by atoms with Gasteiger partial charge in [-0.1, -0.05) is 0 Å². The van der Waals surface area contributed by atoms with Crippen LogP contribution in [0.25, 0.3) is 0 Å². The predicted octanol–water partition coefficient (Wildman–Crippen LogP) is 8.85. The van der Waals surface area contributed by atoms with E-state index in [1.54, 1.807) is 18.5 Å². The molecule has 0 aromatic heterocycles. The van der Waals surface area contributed by atoms with Crippen molar-refractivity contribution in [2.75, 3.05) is 25.1 Å². The number of hydrogen-bond acceptors (Lipinski definition) is 1. The Kier molecular flexibility index (Phi) is 23.8. The van der Waals surface area contributed by atoms with Crippen LogP contribution in [0, 0.1) is 0 Å². The fraction of sp³-hybridized carbons (Fsp3) is 1.00. The van der Waals surface area contributed by atoms with E-state index >= 15 is 0 Å². The molecule has 0 heterocycles. The van der Waals surface area contributed by atoms with Crippen LogP contribution in [0.1, 0.15) is 143 Å². The zero-order chi connectivity index (χ0) is 21.5. The van der Waals surface area contributed by atoms with Gasteiger partial charge in [-0.05, 0) is 0 Å². The van der Waals surface area contributed by atoms with Crippen molar-refractivity contribution in [1.82, 2.24) is 0 Å². The summed E-state index contributed by atoms with van der Waals surface area (Å²) in [5.41, 5.74) is 0. The van der Waals surface area contributed by atoms with Crippen LogP contribution in [0.4, 0.5) is 0 Å². The zero-order valence-electron chi connectivity index (χ0n) is 21.2. The van der Waals surface area contributed by atoms with Crippen molar-refractivity contribution in [3.05, 3.63) is 0 Å². The minimum atomic E-state index is -1.11. The molecule has 0 amide bonds. The van der Waals surface area contributed by atoms with Gasteiger partial charge in [-0.2, -0.15) is 0 Å². The summed E-state index contributed by atoms with van der Waals surface area (Å²) >= 11 is 0. The molecule has 0 aliphatic carbocycles. The summed E-state index contributed by atoms with van der Waals surface area (Å²) in [5.74, 6) is 0. The number of unbranched alkanes of at least 4 members (excludes halogenated alkanes) is 15. The molecule has 0 saturated carbocycles. The van der Waals surface area contributed by atoms with Crippen LogP contribution in [0.15, 0.2) is 0 Å². The Labute approximate surface area is 189 Å². The van der Waals surface area contributed by atoms with Gasteiger partial charge in [0.1, 0.15) is 0 Å². The van der Waals surface area contributed by atoms with E-state index in [0.29, 0.717) is 0 Å². The van der Waals surface area contributed by atoms with E-state index in [0.717, 1.165) is 6.61 Å². The third kappa shape index (κ3) is 19.0. The molecule has 0 saturated heterocycles. The van der Waals surface area contributed by atoms with Crippen LogP contribution < -0.4 is 0 Å². The summed E-state index contributed by atoms with van der Waals surface area (Å²) in [6.45, 7) is 9.08. The molecule has 1 nitrogen and oxygen atoms in total. The van der Waals surface area contributed by atoms with Gasteiger partial charge in [-0.15, -0.1) is 0 Å². The maximum absolute atomic E-state index is 6.29. The molecule has 0 aliphatic rings. The zero-order valence-corrected chi connectivity index (χ0v) is 23.6. The molecule has 178 valence electrons. The van der Waals surface area contributed by atoms with Crippen LogP contribution in [-0.2, 0) is 4.43 Å². The van der Waals surface area contributed by atoms with Gasteiger partial charge in [0.15, 0.2) is 0 Å². The minimum absolute atomic E-state index is 0.274. The van der Waals surface area contributed by atoms with Crippen LogP contribution in [0.5, 0.6) is 0 Å². The Morgan fingerprint density at radius 2 is 0.759 bits per heavy atom. The van der Waals surface area contributed by atoms with Gasteiger partial charge in [0, 0.05) is 0 Å². The Bertz CT molecular complexity index is 270. The molecule has 0 aromatic rings. The molecule has 0 bridgehead atoms. The average Bonchev–Trinajstić information content (AvgIpc) is 2.74. The van der Waals surface area contributed by atoms with E-state index in [4.69, 9.17) is 4.43 Å². The summed E-state index contributed by atoms with van der Waals surface area (Å²) in [4.78, 5) is 0. The van der Waals surface area contributed by atoms with E-state index < -0.39 is 6.81 Å². The van der Waals surface area contributed by atoms with Gasteiger partial charge < -0.3 is 0 Å². The van der Waals surface area contributed by atoms with E-state index in [2.05, 4.69) is 27.7 Å². The van der Waals surface area contributed by atoms with Crippen molar-refractivity contribution < 1.29 is 4.43 Å². The molecule has 3 heteroatoms. The van der Waals surface area contributed by atoms with Crippen LogP contribution in [0.2, 0.25) is 0 Å². The molecule has 0 spiro atoms. The topological polar surface area (TPSA) is 9.23 Å². The molecule has 0 fully saturated rings. The second-order valence-electron chi connectivity index (χ2n) is 9.69. The van der Waals surface area contributed by atoms with Crippen molar-refractivity contribution in [2.45, 2.75) is 143 Å². The van der Waals surface area contributed by atoms with E-state index in [9.17, 15) is 0 Å². The quantitative estimate of drug-likeness (QED) is 0.0817. The maximum atomic E-state index is 6.29. The SMILES string of the molecule is CCCCCCCC[PH](CCCCCCCC)(CCCCCCCC)[SiH2]OCC. The van der Waals surface area contributed by atoms with Gasteiger partial charge in [-0.3, -0.25) is 0 Å². The Morgan fingerprint density at radius 1 is 0.448 bits per heavy atom. The van der Waals surface area contributed by atoms with Crippen molar-refractivity contribution in [1.29, 1.82) is 0 Å². The second kappa shape index (κ2) is 23.3. The molecule has 0 aliphatic heterocycles. The van der Waals surface area contributed by atoms with Gasteiger partial charge in [0.2, 0.25) is 0 Å². The standard InChI is InChI=1S/C26H59OPSi/c1-5-9-12-15-18-21-24-28(29-27-8-4,25-22-19-16-13-10-6-2)26-23-20-17-14-11-7-3/h28H,5-26,29H2,1-4H3. The monoisotopic (exact) mass is 446 g/mol. The first kappa shape index (κ1) is 29.6. The van der Waals surface area contributed by atoms with Crippen molar-refractivity contribution >= 4 is 16.2 Å². The molecule has 0 radical (unpaired) electrons. The number of hydrogen-bond donors (Lipinski definition) is 0. The fourth-order valence-corrected chi connectivity index (χ4v) is 15.0. The van der Waals surface area contributed by atoms with Gasteiger partial charge >= 0.3 is 189 Å². The van der Waals surface area contributed by atoms with Crippen molar-refractivity contribution in [3.63, 3.8) is 0 Å². The van der Waals surface area contributed by atoms with Gasteiger partial charge in [-0.25, -0.2) is 0 Å². The third-order valence-electron chi connectivity index (χ3n) is 6.79. The fourth-order valence-electron chi connectivity index (χ4n) is 4.75. The molecule has 0 N–H and O–H groups in total. The molecular formula is C26H59OPSi. The summed E-state index contributed by atoms with van der Waals surface area (Å²) in [6.07, 6.45) is 31.0. The van der Waals surface area contributed by atoms with Crippen LogP contribution >= 0.6 is 6.81 Å². The number of rotatable bonds is 24. The van der Waals surface area contributed by atoms with Crippen LogP contribution in [0.3, 0.4) is 0 Å². The molecule has 0 rings (SSSR count). The Balaban J connectivity index is 4.52. The first-order valence-corrected chi connectivity index (χ1v) is 19.3. The van der Waals surface area contributed by atoms with Crippen molar-refractivity contribution in [3.8, 4) is 0 Å². The first-order chi connectivity index (χ1) is 14.2. The molecule has 29 heavy (non-hydrogen) atoms. The van der Waals surface area contributed by atoms with Gasteiger partial charge in [0.05, 0.1) is 0 Å². The summed E-state index contributed by atoms with van der Waals surface area (Å²) < 4.78 is 6.29. The summed E-state index contributed by atoms with van der Waals surface area (Å²) in [5, 5.41) is 0. The van der Waals surface area contributed by atoms with Crippen LogP contribution in [-0.4, -0.2) is 34.5 Å². The first-order valence-electron chi connectivity index (χ1n) is 13.8.